The molecule has 3 heteroatoms. The molecule has 0 aliphatic carbocycles. The first kappa shape index (κ1) is 5.75. The van der Waals surface area contributed by atoms with Crippen LogP contribution in [0.3, 0.4) is 0 Å². The van der Waals surface area contributed by atoms with Gasteiger partial charge in [0, 0.05) is 6.20 Å². The average molecular weight is 121 g/mol. The molecule has 0 N–H and O–H groups in total. The molecule has 1 heterocycles. The van der Waals surface area contributed by atoms with Crippen molar-refractivity contribution in [2.75, 3.05) is 0 Å². The van der Waals surface area contributed by atoms with Crippen molar-refractivity contribution in [3.05, 3.63) is 24.4 Å². The lowest BCUT2D eigenvalue weighted by atomic mass is 10.5. The van der Waals surface area contributed by atoms with Crippen molar-refractivity contribution in [2.45, 2.75) is 0 Å². The van der Waals surface area contributed by atoms with Gasteiger partial charge >= 0.3 is 0 Å². The zero-order chi connectivity index (χ0) is 6.53. The van der Waals surface area contributed by atoms with E-state index in [0.717, 1.165) is 0 Å². The number of carbonyl (C=O) groups is 1. The summed E-state index contributed by atoms with van der Waals surface area (Å²) < 4.78 is 0. The van der Waals surface area contributed by atoms with Gasteiger partial charge in [-0.15, -0.1) is 0 Å². The minimum atomic E-state index is 0.451. The van der Waals surface area contributed by atoms with Crippen molar-refractivity contribution in [3.8, 4) is 0 Å². The standard InChI is InChI=1S/C6H5N2O/c9-5-8-6-3-1-2-4-7-6/h1-5H. The fraction of sp³-hybridized carbons (Fsp3) is 0. The van der Waals surface area contributed by atoms with Crippen molar-refractivity contribution in [1.82, 2.24) is 10.3 Å². The molecule has 0 bridgehead atoms. The largest absolute Gasteiger partial charge is 0.276 e. The van der Waals surface area contributed by atoms with Crippen molar-refractivity contribution >= 4 is 12.2 Å². The Labute approximate surface area is 52.7 Å². The van der Waals surface area contributed by atoms with E-state index in [1.54, 1.807) is 24.4 Å². The zero-order valence-electron chi connectivity index (χ0n) is 4.69. The van der Waals surface area contributed by atoms with Crippen LogP contribution in [0.1, 0.15) is 0 Å². The molecular formula is C6H5N2O. The first-order valence-corrected chi connectivity index (χ1v) is 2.49. The molecular weight excluding hydrogens is 116 g/mol. The molecule has 9 heavy (non-hydrogen) atoms. The predicted molar refractivity (Wildman–Crippen MR) is 32.1 cm³/mol. The Morgan fingerprint density at radius 1 is 1.56 bits per heavy atom. The number of hydrogen-bond donors (Lipinski definition) is 0. The van der Waals surface area contributed by atoms with Crippen molar-refractivity contribution < 1.29 is 4.79 Å². The summed E-state index contributed by atoms with van der Waals surface area (Å²) in [7, 11) is 0. The van der Waals surface area contributed by atoms with Gasteiger partial charge in [-0.25, -0.2) is 4.98 Å². The van der Waals surface area contributed by atoms with Gasteiger partial charge in [-0.1, -0.05) is 6.07 Å². The van der Waals surface area contributed by atoms with Crippen LogP contribution in [0, 0.1) is 0 Å². The highest BCUT2D eigenvalue weighted by Crippen LogP contribution is 1.96. The van der Waals surface area contributed by atoms with Crippen molar-refractivity contribution in [1.29, 1.82) is 0 Å². The first-order chi connectivity index (χ1) is 4.43. The molecule has 0 spiro atoms. The van der Waals surface area contributed by atoms with Gasteiger partial charge < -0.3 is 0 Å². The van der Waals surface area contributed by atoms with Crippen LogP contribution in [0.5, 0.6) is 0 Å². The molecule has 0 aliphatic heterocycles. The number of hydrogen-bond acceptors (Lipinski definition) is 2. The van der Waals surface area contributed by atoms with Crippen molar-refractivity contribution in [3.63, 3.8) is 0 Å². The quantitative estimate of drug-likeness (QED) is 0.534. The highest BCUT2D eigenvalue weighted by molar-refractivity contribution is 5.54. The summed E-state index contributed by atoms with van der Waals surface area (Å²) in [6, 6.07) is 5.20. The van der Waals surface area contributed by atoms with Gasteiger partial charge in [-0.3, -0.25) is 4.79 Å². The summed E-state index contributed by atoms with van der Waals surface area (Å²) in [4.78, 5) is 13.5. The molecule has 0 aromatic carbocycles. The van der Waals surface area contributed by atoms with Gasteiger partial charge in [-0.05, 0) is 12.1 Å². The van der Waals surface area contributed by atoms with E-state index in [-0.39, 0.29) is 0 Å². The van der Waals surface area contributed by atoms with Crippen LogP contribution in [0.2, 0.25) is 0 Å². The van der Waals surface area contributed by atoms with E-state index in [4.69, 9.17) is 0 Å². The van der Waals surface area contributed by atoms with Crippen LogP contribution >= 0.6 is 0 Å². The first-order valence-electron chi connectivity index (χ1n) is 2.49. The number of amides is 1. The molecule has 1 aromatic heterocycles. The molecule has 1 amide bonds. The van der Waals surface area contributed by atoms with E-state index in [9.17, 15) is 4.79 Å². The van der Waals surface area contributed by atoms with Crippen LogP contribution in [-0.4, -0.2) is 11.4 Å². The zero-order valence-corrected chi connectivity index (χ0v) is 4.69. The van der Waals surface area contributed by atoms with Crippen molar-refractivity contribution in [2.24, 2.45) is 0 Å². The topological polar surface area (TPSA) is 44.1 Å². The smallest absolute Gasteiger partial charge is 0.234 e. The molecule has 0 fully saturated rings. The molecule has 3 nitrogen and oxygen atoms in total. The Morgan fingerprint density at radius 3 is 3.00 bits per heavy atom. The fourth-order valence-corrected chi connectivity index (χ4v) is 0.484. The summed E-state index contributed by atoms with van der Waals surface area (Å²) in [5, 5.41) is 3.42. The highest BCUT2D eigenvalue weighted by atomic mass is 16.1. The van der Waals surface area contributed by atoms with E-state index in [2.05, 4.69) is 10.3 Å². The molecule has 1 aromatic rings. The monoisotopic (exact) mass is 121 g/mol. The van der Waals surface area contributed by atoms with Gasteiger partial charge in [-0.2, -0.15) is 5.32 Å². The van der Waals surface area contributed by atoms with E-state index in [1.165, 1.54) is 0 Å². The molecule has 45 valence electrons. The third kappa shape index (κ3) is 1.53. The van der Waals surface area contributed by atoms with Gasteiger partial charge in [0.1, 0.15) is 0 Å². The minimum Gasteiger partial charge on any atom is -0.276 e. The number of rotatable bonds is 2. The normalized spacial score (nSPS) is 8.44. The van der Waals surface area contributed by atoms with E-state index in [0.29, 0.717) is 12.2 Å². The maximum Gasteiger partial charge on any atom is 0.234 e. The molecule has 1 rings (SSSR count). The summed E-state index contributed by atoms with van der Waals surface area (Å²) in [5.41, 5.74) is 0. The van der Waals surface area contributed by atoms with Gasteiger partial charge in [0.05, 0.1) is 0 Å². The van der Waals surface area contributed by atoms with E-state index in [1.807, 2.05) is 0 Å². The Morgan fingerprint density at radius 2 is 2.44 bits per heavy atom. The summed E-state index contributed by atoms with van der Waals surface area (Å²) in [6.45, 7) is 0. The second kappa shape index (κ2) is 2.81. The Balaban J connectivity index is 2.72. The van der Waals surface area contributed by atoms with Crippen LogP contribution < -0.4 is 5.32 Å². The van der Waals surface area contributed by atoms with Crippen LogP contribution in [0.25, 0.3) is 0 Å². The maximum absolute atomic E-state index is 9.77. The Kier molecular flexibility index (Phi) is 1.80. The van der Waals surface area contributed by atoms with E-state index < -0.39 is 0 Å². The molecule has 0 saturated heterocycles. The third-order valence-electron chi connectivity index (χ3n) is 0.834. The van der Waals surface area contributed by atoms with Gasteiger partial charge in [0.25, 0.3) is 0 Å². The summed E-state index contributed by atoms with van der Waals surface area (Å²) >= 11 is 0. The Bertz CT molecular complexity index is 186. The molecule has 0 saturated carbocycles. The lowest BCUT2D eigenvalue weighted by Crippen LogP contribution is -1.93. The molecule has 1 radical (unpaired) electrons. The number of pyridine rings is 1. The molecule has 0 unspecified atom stereocenters. The average Bonchev–Trinajstić information content (AvgIpc) is 1.91. The SMILES string of the molecule is O=C[N]c1ccccn1. The fourth-order valence-electron chi connectivity index (χ4n) is 0.484. The second-order valence-corrected chi connectivity index (χ2v) is 1.42. The summed E-state index contributed by atoms with van der Waals surface area (Å²) in [5.74, 6) is 0.451. The Hall–Kier alpha value is -1.38. The number of aromatic nitrogens is 1. The minimum absolute atomic E-state index is 0.451. The van der Waals surface area contributed by atoms with Crippen LogP contribution in [-0.2, 0) is 4.79 Å². The highest BCUT2D eigenvalue weighted by Gasteiger charge is 1.86. The lowest BCUT2D eigenvalue weighted by Gasteiger charge is -1.88. The summed E-state index contributed by atoms with van der Waals surface area (Å²) in [6.07, 6.45) is 2.06. The van der Waals surface area contributed by atoms with Crippen LogP contribution in [0.15, 0.2) is 24.4 Å². The third-order valence-corrected chi connectivity index (χ3v) is 0.834. The lowest BCUT2D eigenvalue weighted by molar-refractivity contribution is -0.108. The molecule has 0 aliphatic rings. The molecule has 0 atom stereocenters. The van der Waals surface area contributed by atoms with Gasteiger partial charge in [0.2, 0.25) is 6.41 Å². The maximum atomic E-state index is 9.77. The number of carbonyl (C=O) groups excluding carboxylic acids is 1. The number of nitrogens with zero attached hydrogens (tertiary/aromatic N) is 2. The predicted octanol–water partition coefficient (Wildman–Crippen LogP) is 0.474. The van der Waals surface area contributed by atoms with Gasteiger partial charge in [0.15, 0.2) is 5.82 Å². The van der Waals surface area contributed by atoms with Crippen LogP contribution in [0.4, 0.5) is 5.82 Å². The second-order valence-electron chi connectivity index (χ2n) is 1.42. The van der Waals surface area contributed by atoms with E-state index >= 15 is 0 Å².